The molecule has 3 unspecified atom stereocenters. The Labute approximate surface area is 149 Å². The predicted octanol–water partition coefficient (Wildman–Crippen LogP) is 0.857. The number of ether oxygens (including phenoxy) is 1. The Kier molecular flexibility index (Phi) is 4.94. The van der Waals surface area contributed by atoms with Gasteiger partial charge in [-0.25, -0.2) is 4.79 Å². The van der Waals surface area contributed by atoms with Crippen LogP contribution in [0.15, 0.2) is 12.4 Å². The molecule has 138 valence electrons. The standard InChI is InChI=1S/C18H29N5O2/c1-21-10-15(8-20-21)7-14-4-6-23(11-14)18(24)19-9-17-12-22-5-2-3-16(22)13-25-17/h8,10,14,16-17H,2-7,9,11-13H2,1H3,(H,19,24). The second-order valence-corrected chi connectivity index (χ2v) is 7.76. The Morgan fingerprint density at radius 1 is 1.36 bits per heavy atom. The molecule has 1 aromatic heterocycles. The van der Waals surface area contributed by atoms with Crippen molar-refractivity contribution in [1.29, 1.82) is 0 Å². The van der Waals surface area contributed by atoms with Gasteiger partial charge in [-0.3, -0.25) is 9.58 Å². The summed E-state index contributed by atoms with van der Waals surface area (Å²) in [6.45, 7) is 5.25. The molecule has 3 aliphatic rings. The smallest absolute Gasteiger partial charge is 0.317 e. The van der Waals surface area contributed by atoms with Crippen molar-refractivity contribution in [3.05, 3.63) is 18.0 Å². The molecule has 7 heteroatoms. The fraction of sp³-hybridized carbons (Fsp3) is 0.778. The minimum absolute atomic E-state index is 0.0563. The quantitative estimate of drug-likeness (QED) is 0.877. The molecular weight excluding hydrogens is 318 g/mol. The summed E-state index contributed by atoms with van der Waals surface area (Å²) in [5.74, 6) is 0.534. The summed E-state index contributed by atoms with van der Waals surface area (Å²) in [4.78, 5) is 16.9. The zero-order valence-electron chi connectivity index (χ0n) is 15.1. The Bertz CT molecular complexity index is 604. The molecule has 0 spiro atoms. The van der Waals surface area contributed by atoms with E-state index in [1.165, 1.54) is 24.9 Å². The molecule has 4 rings (SSSR count). The van der Waals surface area contributed by atoms with Crippen LogP contribution in [0.4, 0.5) is 4.79 Å². The van der Waals surface area contributed by atoms with Gasteiger partial charge >= 0.3 is 6.03 Å². The second kappa shape index (κ2) is 7.33. The number of amides is 2. The van der Waals surface area contributed by atoms with Gasteiger partial charge in [-0.15, -0.1) is 0 Å². The van der Waals surface area contributed by atoms with Gasteiger partial charge in [0.15, 0.2) is 0 Å². The molecule has 0 radical (unpaired) electrons. The van der Waals surface area contributed by atoms with Gasteiger partial charge < -0.3 is 15.0 Å². The average molecular weight is 347 g/mol. The van der Waals surface area contributed by atoms with Crippen molar-refractivity contribution in [2.75, 3.05) is 39.3 Å². The molecule has 1 N–H and O–H groups in total. The molecule has 3 aliphatic heterocycles. The number of nitrogens with one attached hydrogen (secondary N) is 1. The number of urea groups is 1. The predicted molar refractivity (Wildman–Crippen MR) is 94.3 cm³/mol. The molecule has 0 aromatic carbocycles. The molecule has 0 aliphatic carbocycles. The number of aryl methyl sites for hydroxylation is 1. The van der Waals surface area contributed by atoms with Gasteiger partial charge in [-0.1, -0.05) is 0 Å². The number of carbonyl (C=O) groups is 1. The van der Waals surface area contributed by atoms with E-state index in [9.17, 15) is 4.79 Å². The van der Waals surface area contributed by atoms with Crippen LogP contribution in [0.1, 0.15) is 24.8 Å². The lowest BCUT2D eigenvalue weighted by molar-refractivity contribution is -0.0460. The normalized spacial score (nSPS) is 29.8. The maximum atomic E-state index is 12.4. The highest BCUT2D eigenvalue weighted by Crippen LogP contribution is 2.23. The van der Waals surface area contributed by atoms with Gasteiger partial charge in [0.2, 0.25) is 0 Å². The van der Waals surface area contributed by atoms with Crippen molar-refractivity contribution in [2.45, 2.75) is 37.8 Å². The van der Waals surface area contributed by atoms with Crippen LogP contribution >= 0.6 is 0 Å². The maximum Gasteiger partial charge on any atom is 0.317 e. The van der Waals surface area contributed by atoms with Crippen LogP contribution in [-0.2, 0) is 18.2 Å². The molecule has 3 atom stereocenters. The summed E-state index contributed by atoms with van der Waals surface area (Å²) in [7, 11) is 1.94. The molecule has 0 saturated carbocycles. The molecule has 3 fully saturated rings. The van der Waals surface area contributed by atoms with Crippen molar-refractivity contribution in [3.63, 3.8) is 0 Å². The summed E-state index contributed by atoms with van der Waals surface area (Å²) >= 11 is 0. The first kappa shape index (κ1) is 16.8. The fourth-order valence-electron chi connectivity index (χ4n) is 4.42. The lowest BCUT2D eigenvalue weighted by atomic mass is 10.0. The minimum atomic E-state index is 0.0563. The second-order valence-electron chi connectivity index (χ2n) is 7.76. The zero-order chi connectivity index (χ0) is 17.2. The van der Waals surface area contributed by atoms with Crippen molar-refractivity contribution >= 4 is 6.03 Å². The van der Waals surface area contributed by atoms with Crippen LogP contribution < -0.4 is 5.32 Å². The van der Waals surface area contributed by atoms with Gasteiger partial charge in [-0.2, -0.15) is 5.10 Å². The third-order valence-corrected chi connectivity index (χ3v) is 5.80. The Morgan fingerprint density at radius 3 is 3.12 bits per heavy atom. The first-order valence-electron chi connectivity index (χ1n) is 9.53. The maximum absolute atomic E-state index is 12.4. The average Bonchev–Trinajstić information content (AvgIpc) is 3.33. The monoisotopic (exact) mass is 347 g/mol. The fourth-order valence-corrected chi connectivity index (χ4v) is 4.42. The lowest BCUT2D eigenvalue weighted by Gasteiger charge is -2.35. The molecule has 4 heterocycles. The Hall–Kier alpha value is -1.60. The van der Waals surface area contributed by atoms with E-state index in [1.807, 2.05) is 22.8 Å². The molecule has 7 nitrogen and oxygen atoms in total. The molecular formula is C18H29N5O2. The van der Waals surface area contributed by atoms with E-state index in [0.717, 1.165) is 39.1 Å². The van der Waals surface area contributed by atoms with E-state index in [-0.39, 0.29) is 12.1 Å². The third kappa shape index (κ3) is 3.98. The van der Waals surface area contributed by atoms with Crippen molar-refractivity contribution in [3.8, 4) is 0 Å². The summed E-state index contributed by atoms with van der Waals surface area (Å²) in [6, 6.07) is 0.666. The number of rotatable bonds is 4. The first-order valence-corrected chi connectivity index (χ1v) is 9.53. The Morgan fingerprint density at radius 2 is 2.28 bits per heavy atom. The topological polar surface area (TPSA) is 62.6 Å². The van der Waals surface area contributed by atoms with Crippen LogP contribution in [0.25, 0.3) is 0 Å². The van der Waals surface area contributed by atoms with E-state index in [2.05, 4.69) is 21.5 Å². The number of morpholine rings is 1. The van der Waals surface area contributed by atoms with E-state index in [0.29, 0.717) is 18.5 Å². The van der Waals surface area contributed by atoms with Gasteiger partial charge in [-0.05, 0) is 43.7 Å². The molecule has 25 heavy (non-hydrogen) atoms. The van der Waals surface area contributed by atoms with Crippen LogP contribution in [0, 0.1) is 5.92 Å². The summed E-state index contributed by atoms with van der Waals surface area (Å²) < 4.78 is 7.76. The van der Waals surface area contributed by atoms with Gasteiger partial charge in [0.05, 0.1) is 18.9 Å². The summed E-state index contributed by atoms with van der Waals surface area (Å²) in [6.07, 6.45) is 8.72. The van der Waals surface area contributed by atoms with Crippen molar-refractivity contribution in [1.82, 2.24) is 24.9 Å². The lowest BCUT2D eigenvalue weighted by Crippen LogP contribution is -2.51. The number of fused-ring (bicyclic) bond motifs is 1. The van der Waals surface area contributed by atoms with Gasteiger partial charge in [0.1, 0.15) is 0 Å². The molecule has 0 bridgehead atoms. The highest BCUT2D eigenvalue weighted by molar-refractivity contribution is 5.74. The van der Waals surface area contributed by atoms with Crippen LogP contribution in [0.5, 0.6) is 0 Å². The number of aromatic nitrogens is 2. The SMILES string of the molecule is Cn1cc(CC2CCN(C(=O)NCC3CN4CCCC4CO3)C2)cn1. The summed E-state index contributed by atoms with van der Waals surface area (Å²) in [5, 5.41) is 7.30. The number of hydrogen-bond donors (Lipinski definition) is 1. The van der Waals surface area contributed by atoms with Crippen LogP contribution in [-0.4, -0.2) is 77.1 Å². The number of nitrogens with zero attached hydrogens (tertiary/aromatic N) is 4. The summed E-state index contributed by atoms with van der Waals surface area (Å²) in [5.41, 5.74) is 1.26. The van der Waals surface area contributed by atoms with Crippen LogP contribution in [0.3, 0.4) is 0 Å². The van der Waals surface area contributed by atoms with E-state index >= 15 is 0 Å². The minimum Gasteiger partial charge on any atom is -0.373 e. The van der Waals surface area contributed by atoms with E-state index < -0.39 is 0 Å². The number of carbonyl (C=O) groups excluding carboxylic acids is 1. The van der Waals surface area contributed by atoms with E-state index in [4.69, 9.17) is 4.74 Å². The molecule has 3 saturated heterocycles. The molecule has 2 amide bonds. The number of likely N-dealkylation sites (tertiary alicyclic amines) is 1. The third-order valence-electron chi connectivity index (χ3n) is 5.80. The Balaban J connectivity index is 1.20. The van der Waals surface area contributed by atoms with E-state index in [1.54, 1.807) is 0 Å². The highest BCUT2D eigenvalue weighted by atomic mass is 16.5. The number of hydrogen-bond acceptors (Lipinski definition) is 4. The largest absolute Gasteiger partial charge is 0.373 e. The van der Waals surface area contributed by atoms with Gasteiger partial charge in [0.25, 0.3) is 0 Å². The van der Waals surface area contributed by atoms with Crippen molar-refractivity contribution in [2.24, 2.45) is 13.0 Å². The first-order chi connectivity index (χ1) is 12.2. The van der Waals surface area contributed by atoms with Crippen molar-refractivity contribution < 1.29 is 9.53 Å². The highest BCUT2D eigenvalue weighted by Gasteiger charge is 2.33. The van der Waals surface area contributed by atoms with Gasteiger partial charge in [0, 0.05) is 45.5 Å². The zero-order valence-corrected chi connectivity index (χ0v) is 15.1. The molecule has 1 aromatic rings. The van der Waals surface area contributed by atoms with Crippen LogP contribution in [0.2, 0.25) is 0 Å².